The van der Waals surface area contributed by atoms with Crippen LogP contribution in [0.5, 0.6) is 11.5 Å². The van der Waals surface area contributed by atoms with Gasteiger partial charge in [0.2, 0.25) is 0 Å². The molecular formula is C16H15ClF2N2O3. The van der Waals surface area contributed by atoms with Crippen LogP contribution in [0, 0.1) is 0 Å². The molecule has 0 aliphatic rings. The number of hydrogen-bond donors (Lipinski definition) is 2. The maximum Gasteiger partial charge on any atom is 0.387 e. The van der Waals surface area contributed by atoms with Crippen molar-refractivity contribution in [2.75, 3.05) is 12.4 Å². The molecule has 0 bridgehead atoms. The Labute approximate surface area is 142 Å². The molecule has 2 rings (SSSR count). The summed E-state index contributed by atoms with van der Waals surface area (Å²) in [5.74, 6) is 0.448. The largest absolute Gasteiger partial charge is 0.495 e. The van der Waals surface area contributed by atoms with E-state index in [0.717, 1.165) is 0 Å². The number of alkyl halides is 2. The van der Waals surface area contributed by atoms with E-state index in [1.54, 1.807) is 30.3 Å². The summed E-state index contributed by atoms with van der Waals surface area (Å²) >= 11 is 5.88. The second-order valence-electron chi connectivity index (χ2n) is 4.64. The SMILES string of the molecule is COc1ccc(Cl)cc1NC(=O)NCc1ccccc1OC(F)F. The zero-order chi connectivity index (χ0) is 17.5. The fourth-order valence-corrected chi connectivity index (χ4v) is 2.15. The summed E-state index contributed by atoms with van der Waals surface area (Å²) in [6.07, 6.45) is 0. The van der Waals surface area contributed by atoms with Crippen LogP contribution in [0.1, 0.15) is 5.56 Å². The van der Waals surface area contributed by atoms with Gasteiger partial charge in [0.25, 0.3) is 0 Å². The highest BCUT2D eigenvalue weighted by Crippen LogP contribution is 2.27. The molecule has 0 radical (unpaired) electrons. The molecule has 128 valence electrons. The summed E-state index contributed by atoms with van der Waals surface area (Å²) in [6.45, 7) is -2.92. The van der Waals surface area contributed by atoms with Gasteiger partial charge in [0.15, 0.2) is 0 Å². The summed E-state index contributed by atoms with van der Waals surface area (Å²) < 4.78 is 34.2. The second-order valence-corrected chi connectivity index (χ2v) is 5.07. The number of ether oxygens (including phenoxy) is 2. The highest BCUT2D eigenvalue weighted by Gasteiger charge is 2.11. The second kappa shape index (κ2) is 8.35. The number of benzene rings is 2. The molecular weight excluding hydrogens is 342 g/mol. The number of nitrogens with one attached hydrogen (secondary N) is 2. The number of hydrogen-bond acceptors (Lipinski definition) is 3. The van der Waals surface area contributed by atoms with E-state index in [-0.39, 0.29) is 12.3 Å². The Balaban J connectivity index is 2.00. The lowest BCUT2D eigenvalue weighted by Gasteiger charge is -2.13. The molecule has 2 N–H and O–H groups in total. The van der Waals surface area contributed by atoms with Crippen LogP contribution in [0.25, 0.3) is 0 Å². The molecule has 2 amide bonds. The molecule has 0 heterocycles. The Bertz CT molecular complexity index is 713. The maximum absolute atomic E-state index is 12.4. The van der Waals surface area contributed by atoms with Gasteiger partial charge in [0.05, 0.1) is 12.8 Å². The van der Waals surface area contributed by atoms with Gasteiger partial charge in [0, 0.05) is 17.1 Å². The molecule has 24 heavy (non-hydrogen) atoms. The molecule has 0 saturated carbocycles. The molecule has 8 heteroatoms. The zero-order valence-electron chi connectivity index (χ0n) is 12.7. The van der Waals surface area contributed by atoms with Crippen LogP contribution in [0.3, 0.4) is 0 Å². The van der Waals surface area contributed by atoms with Crippen molar-refractivity contribution in [3.8, 4) is 11.5 Å². The van der Waals surface area contributed by atoms with Crippen LogP contribution in [0.4, 0.5) is 19.3 Å². The van der Waals surface area contributed by atoms with Crippen molar-refractivity contribution in [2.24, 2.45) is 0 Å². The standard InChI is InChI=1S/C16H15ClF2N2O3/c1-23-14-7-6-11(17)8-12(14)21-16(22)20-9-10-4-2-3-5-13(10)24-15(18)19/h2-8,15H,9H2,1H3,(H2,20,21,22). The predicted octanol–water partition coefficient (Wildman–Crippen LogP) is 4.27. The molecule has 0 atom stereocenters. The third-order valence-corrected chi connectivity index (χ3v) is 3.27. The fourth-order valence-electron chi connectivity index (χ4n) is 1.98. The predicted molar refractivity (Wildman–Crippen MR) is 86.9 cm³/mol. The van der Waals surface area contributed by atoms with Crippen LogP contribution in [0.15, 0.2) is 42.5 Å². The third kappa shape index (κ3) is 4.99. The van der Waals surface area contributed by atoms with E-state index in [0.29, 0.717) is 22.0 Å². The molecule has 0 aromatic heterocycles. The highest BCUT2D eigenvalue weighted by atomic mass is 35.5. The summed E-state index contributed by atoms with van der Waals surface area (Å²) in [6, 6.07) is 10.5. The van der Waals surface area contributed by atoms with Crippen molar-refractivity contribution >= 4 is 23.3 Å². The summed E-state index contributed by atoms with van der Waals surface area (Å²) in [5, 5.41) is 5.57. The van der Waals surface area contributed by atoms with Gasteiger partial charge in [-0.15, -0.1) is 0 Å². The minimum absolute atomic E-state index is 0.00753. The Morgan fingerprint density at radius 2 is 1.96 bits per heavy atom. The summed E-state index contributed by atoms with van der Waals surface area (Å²) in [7, 11) is 1.46. The number of rotatable bonds is 6. The Morgan fingerprint density at radius 1 is 1.21 bits per heavy atom. The van der Waals surface area contributed by atoms with Crippen LogP contribution in [-0.4, -0.2) is 19.8 Å². The lowest BCUT2D eigenvalue weighted by Crippen LogP contribution is -2.28. The lowest BCUT2D eigenvalue weighted by molar-refractivity contribution is -0.0504. The number of para-hydroxylation sites is 1. The first-order valence-electron chi connectivity index (χ1n) is 6.90. The van der Waals surface area contributed by atoms with E-state index in [9.17, 15) is 13.6 Å². The highest BCUT2D eigenvalue weighted by molar-refractivity contribution is 6.31. The van der Waals surface area contributed by atoms with Crippen molar-refractivity contribution in [2.45, 2.75) is 13.2 Å². The van der Waals surface area contributed by atoms with Gasteiger partial charge in [-0.1, -0.05) is 29.8 Å². The number of amides is 2. The van der Waals surface area contributed by atoms with Crippen LogP contribution in [0.2, 0.25) is 5.02 Å². The van der Waals surface area contributed by atoms with Gasteiger partial charge in [-0.3, -0.25) is 0 Å². The molecule has 0 spiro atoms. The molecule has 0 saturated heterocycles. The monoisotopic (exact) mass is 356 g/mol. The number of halogens is 3. The third-order valence-electron chi connectivity index (χ3n) is 3.04. The quantitative estimate of drug-likeness (QED) is 0.812. The van der Waals surface area contributed by atoms with Gasteiger partial charge in [-0.25, -0.2) is 4.79 Å². The Morgan fingerprint density at radius 3 is 2.67 bits per heavy atom. The minimum Gasteiger partial charge on any atom is -0.495 e. The van der Waals surface area contributed by atoms with Crippen molar-refractivity contribution in [3.05, 3.63) is 53.1 Å². The number of anilines is 1. The van der Waals surface area contributed by atoms with Crippen LogP contribution >= 0.6 is 11.6 Å². The van der Waals surface area contributed by atoms with Gasteiger partial charge in [-0.05, 0) is 24.3 Å². The molecule has 5 nitrogen and oxygen atoms in total. The van der Waals surface area contributed by atoms with Crippen molar-refractivity contribution < 1.29 is 23.0 Å². The summed E-state index contributed by atoms with van der Waals surface area (Å²) in [4.78, 5) is 12.0. The first-order chi connectivity index (χ1) is 11.5. The Hall–Kier alpha value is -2.54. The van der Waals surface area contributed by atoms with E-state index in [4.69, 9.17) is 16.3 Å². The van der Waals surface area contributed by atoms with E-state index < -0.39 is 12.6 Å². The lowest BCUT2D eigenvalue weighted by atomic mass is 10.2. The summed E-state index contributed by atoms with van der Waals surface area (Å²) in [5.41, 5.74) is 0.811. The van der Waals surface area contributed by atoms with Crippen molar-refractivity contribution in [3.63, 3.8) is 0 Å². The fraction of sp³-hybridized carbons (Fsp3) is 0.188. The van der Waals surface area contributed by atoms with Crippen molar-refractivity contribution in [1.82, 2.24) is 5.32 Å². The number of methoxy groups -OCH3 is 1. The Kier molecular flexibility index (Phi) is 6.20. The number of urea groups is 1. The van der Waals surface area contributed by atoms with E-state index in [1.165, 1.54) is 19.2 Å². The molecule has 0 aliphatic heterocycles. The zero-order valence-corrected chi connectivity index (χ0v) is 13.4. The average molecular weight is 357 g/mol. The molecule has 0 unspecified atom stereocenters. The molecule has 0 fully saturated rings. The van der Waals surface area contributed by atoms with Crippen molar-refractivity contribution in [1.29, 1.82) is 0 Å². The average Bonchev–Trinajstić information content (AvgIpc) is 2.54. The normalized spacial score (nSPS) is 10.4. The van der Waals surface area contributed by atoms with Crippen LogP contribution in [-0.2, 0) is 6.54 Å². The van der Waals surface area contributed by atoms with Gasteiger partial charge in [-0.2, -0.15) is 8.78 Å². The maximum atomic E-state index is 12.4. The van der Waals surface area contributed by atoms with Gasteiger partial charge < -0.3 is 20.1 Å². The van der Waals surface area contributed by atoms with E-state index in [1.807, 2.05) is 0 Å². The minimum atomic E-state index is -2.93. The topological polar surface area (TPSA) is 59.6 Å². The van der Waals surface area contributed by atoms with Crippen LogP contribution < -0.4 is 20.1 Å². The first kappa shape index (κ1) is 17.8. The molecule has 0 aliphatic carbocycles. The van der Waals surface area contributed by atoms with E-state index >= 15 is 0 Å². The molecule has 2 aromatic carbocycles. The number of carbonyl (C=O) groups is 1. The first-order valence-corrected chi connectivity index (χ1v) is 7.28. The smallest absolute Gasteiger partial charge is 0.387 e. The molecule has 2 aromatic rings. The van der Waals surface area contributed by atoms with Gasteiger partial charge in [0.1, 0.15) is 11.5 Å². The van der Waals surface area contributed by atoms with Gasteiger partial charge >= 0.3 is 12.6 Å². The number of carbonyl (C=O) groups excluding carboxylic acids is 1. The van der Waals surface area contributed by atoms with E-state index in [2.05, 4.69) is 15.4 Å².